The monoisotopic (exact) mass is 288 g/mol. The third-order valence-corrected chi connectivity index (χ3v) is 3.24. The molecule has 0 aromatic carbocycles. The molecular formula is C12H18F2N4O2. The normalized spacial score (nSPS) is 22.4. The Kier molecular flexibility index (Phi) is 4.66. The molecule has 20 heavy (non-hydrogen) atoms. The van der Waals surface area contributed by atoms with E-state index in [4.69, 9.17) is 10.5 Å². The van der Waals surface area contributed by atoms with Gasteiger partial charge in [0.25, 0.3) is 6.43 Å². The molecule has 0 bridgehead atoms. The molecule has 2 atom stereocenters. The van der Waals surface area contributed by atoms with Crippen molar-refractivity contribution >= 4 is 11.6 Å². The number of nitrogens with zero attached hydrogens (tertiary/aromatic N) is 2. The molecule has 0 aliphatic carbocycles. The van der Waals surface area contributed by atoms with E-state index in [0.29, 0.717) is 13.2 Å². The van der Waals surface area contributed by atoms with Crippen LogP contribution in [0.3, 0.4) is 0 Å². The van der Waals surface area contributed by atoms with E-state index in [-0.39, 0.29) is 30.0 Å². The fourth-order valence-corrected chi connectivity index (χ4v) is 2.31. The summed E-state index contributed by atoms with van der Waals surface area (Å²) in [6.07, 6.45) is -0.411. The average Bonchev–Trinajstić information content (AvgIpc) is 2.96. The van der Waals surface area contributed by atoms with Crippen LogP contribution >= 0.6 is 0 Å². The molecule has 1 amide bonds. The van der Waals surface area contributed by atoms with E-state index in [1.54, 1.807) is 0 Å². The maximum Gasteiger partial charge on any atom is 0.284 e. The van der Waals surface area contributed by atoms with Crippen molar-refractivity contribution in [2.75, 3.05) is 18.5 Å². The Morgan fingerprint density at radius 1 is 1.70 bits per heavy atom. The van der Waals surface area contributed by atoms with Crippen LogP contribution in [-0.4, -0.2) is 34.9 Å². The molecule has 2 unspecified atom stereocenters. The van der Waals surface area contributed by atoms with E-state index in [2.05, 4.69) is 10.4 Å². The van der Waals surface area contributed by atoms with Crippen LogP contribution in [0.2, 0.25) is 0 Å². The molecule has 1 aliphatic heterocycles. The lowest BCUT2D eigenvalue weighted by atomic mass is 10.0. The van der Waals surface area contributed by atoms with Crippen molar-refractivity contribution in [1.82, 2.24) is 9.78 Å². The zero-order valence-electron chi connectivity index (χ0n) is 11.2. The number of rotatable bonds is 5. The van der Waals surface area contributed by atoms with E-state index in [0.717, 1.165) is 6.42 Å². The fourth-order valence-electron chi connectivity index (χ4n) is 2.31. The first-order valence-corrected chi connectivity index (χ1v) is 6.42. The minimum absolute atomic E-state index is 0.0113. The number of alkyl halides is 2. The number of nitrogens with two attached hydrogens (primary N) is 1. The fraction of sp³-hybridized carbons (Fsp3) is 0.667. The largest absolute Gasteiger partial charge is 0.377 e. The molecule has 1 aromatic rings. The smallest absolute Gasteiger partial charge is 0.284 e. The van der Waals surface area contributed by atoms with E-state index < -0.39 is 12.1 Å². The summed E-state index contributed by atoms with van der Waals surface area (Å²) in [6.45, 7) is 0.903. The summed E-state index contributed by atoms with van der Waals surface area (Å²) in [5.41, 5.74) is 5.13. The number of aromatic nitrogens is 2. The topological polar surface area (TPSA) is 82.2 Å². The number of carbonyl (C=O) groups is 1. The van der Waals surface area contributed by atoms with Crippen molar-refractivity contribution in [2.24, 2.45) is 18.7 Å². The number of amides is 1. The molecule has 0 radical (unpaired) electrons. The van der Waals surface area contributed by atoms with Gasteiger partial charge in [-0.05, 0) is 12.3 Å². The Labute approximate surface area is 115 Å². The highest BCUT2D eigenvalue weighted by molar-refractivity contribution is 5.91. The predicted octanol–water partition coefficient (Wildman–Crippen LogP) is 1.05. The summed E-state index contributed by atoms with van der Waals surface area (Å²) in [5, 5.41) is 6.11. The van der Waals surface area contributed by atoms with Crippen LogP contribution in [0.4, 0.5) is 14.5 Å². The van der Waals surface area contributed by atoms with Crippen molar-refractivity contribution in [3.05, 3.63) is 11.9 Å². The minimum atomic E-state index is -2.72. The van der Waals surface area contributed by atoms with Crippen LogP contribution in [0.15, 0.2) is 6.20 Å². The second kappa shape index (κ2) is 6.27. The molecule has 112 valence electrons. The van der Waals surface area contributed by atoms with Gasteiger partial charge in [0.2, 0.25) is 5.91 Å². The lowest BCUT2D eigenvalue weighted by Gasteiger charge is -2.08. The Morgan fingerprint density at radius 3 is 3.05 bits per heavy atom. The standard InChI is InChI=1S/C12H18F2N4O2/c1-18-5-9(11(17-18)12(13)14)16-10(19)3-7-2-8(4-15)20-6-7/h5,7-8,12H,2-4,6,15H2,1H3,(H,16,19). The Balaban J connectivity index is 1.92. The van der Waals surface area contributed by atoms with Crippen molar-refractivity contribution in [3.63, 3.8) is 0 Å². The first kappa shape index (κ1) is 14.9. The minimum Gasteiger partial charge on any atom is -0.377 e. The number of halogens is 2. The average molecular weight is 288 g/mol. The molecule has 1 aromatic heterocycles. The van der Waals surface area contributed by atoms with Gasteiger partial charge in [-0.1, -0.05) is 0 Å². The summed E-state index contributed by atoms with van der Waals surface area (Å²) in [5.74, 6) is -0.235. The van der Waals surface area contributed by atoms with Crippen molar-refractivity contribution in [3.8, 4) is 0 Å². The summed E-state index contributed by atoms with van der Waals surface area (Å²) >= 11 is 0. The van der Waals surface area contributed by atoms with Crippen LogP contribution < -0.4 is 11.1 Å². The molecule has 0 saturated carbocycles. The first-order valence-electron chi connectivity index (χ1n) is 6.42. The van der Waals surface area contributed by atoms with Gasteiger partial charge in [0.05, 0.1) is 18.4 Å². The van der Waals surface area contributed by atoms with Gasteiger partial charge >= 0.3 is 0 Å². The number of aryl methyl sites for hydroxylation is 1. The molecule has 1 saturated heterocycles. The molecule has 2 heterocycles. The molecule has 3 N–H and O–H groups in total. The van der Waals surface area contributed by atoms with Gasteiger partial charge in [-0.15, -0.1) is 0 Å². The van der Waals surface area contributed by atoms with E-state index >= 15 is 0 Å². The van der Waals surface area contributed by atoms with E-state index in [1.165, 1.54) is 17.9 Å². The first-order chi connectivity index (χ1) is 9.49. The van der Waals surface area contributed by atoms with Crippen LogP contribution in [0.1, 0.15) is 25.0 Å². The number of hydrogen-bond donors (Lipinski definition) is 2. The molecule has 1 aliphatic rings. The molecular weight excluding hydrogens is 270 g/mol. The van der Waals surface area contributed by atoms with Crippen LogP contribution in [0, 0.1) is 5.92 Å². The number of ether oxygens (including phenoxy) is 1. The highest BCUT2D eigenvalue weighted by atomic mass is 19.3. The van der Waals surface area contributed by atoms with Gasteiger partial charge in [0.15, 0.2) is 5.69 Å². The molecule has 1 fully saturated rings. The van der Waals surface area contributed by atoms with E-state index in [1.807, 2.05) is 0 Å². The number of nitrogens with one attached hydrogen (secondary N) is 1. The lowest BCUT2D eigenvalue weighted by molar-refractivity contribution is -0.117. The summed E-state index contributed by atoms with van der Waals surface area (Å²) in [4.78, 5) is 11.9. The zero-order chi connectivity index (χ0) is 14.7. The lowest BCUT2D eigenvalue weighted by Crippen LogP contribution is -2.20. The van der Waals surface area contributed by atoms with Gasteiger partial charge < -0.3 is 15.8 Å². The van der Waals surface area contributed by atoms with Crippen LogP contribution in [0.25, 0.3) is 0 Å². The van der Waals surface area contributed by atoms with Crippen molar-refractivity contribution in [1.29, 1.82) is 0 Å². The van der Waals surface area contributed by atoms with Crippen molar-refractivity contribution < 1.29 is 18.3 Å². The number of anilines is 1. The SMILES string of the molecule is Cn1cc(NC(=O)CC2COC(CN)C2)c(C(F)F)n1. The maximum absolute atomic E-state index is 12.7. The van der Waals surface area contributed by atoms with Gasteiger partial charge in [0, 0.05) is 26.2 Å². The van der Waals surface area contributed by atoms with Crippen LogP contribution in [0.5, 0.6) is 0 Å². The van der Waals surface area contributed by atoms with Gasteiger partial charge in [-0.2, -0.15) is 5.10 Å². The van der Waals surface area contributed by atoms with Gasteiger partial charge in [-0.3, -0.25) is 9.48 Å². The molecule has 6 nitrogen and oxygen atoms in total. The highest BCUT2D eigenvalue weighted by Crippen LogP contribution is 2.26. The van der Waals surface area contributed by atoms with Gasteiger partial charge in [-0.25, -0.2) is 8.78 Å². The van der Waals surface area contributed by atoms with Crippen LogP contribution in [-0.2, 0) is 16.6 Å². The highest BCUT2D eigenvalue weighted by Gasteiger charge is 2.27. The number of hydrogen-bond acceptors (Lipinski definition) is 4. The third kappa shape index (κ3) is 3.51. The molecule has 0 spiro atoms. The summed E-state index contributed by atoms with van der Waals surface area (Å²) in [6, 6.07) is 0. The second-order valence-electron chi connectivity index (χ2n) is 4.95. The second-order valence-corrected chi connectivity index (χ2v) is 4.95. The quantitative estimate of drug-likeness (QED) is 0.848. The molecule has 8 heteroatoms. The summed E-state index contributed by atoms with van der Waals surface area (Å²) in [7, 11) is 1.53. The Bertz CT molecular complexity index is 478. The van der Waals surface area contributed by atoms with Crippen molar-refractivity contribution in [2.45, 2.75) is 25.4 Å². The van der Waals surface area contributed by atoms with E-state index in [9.17, 15) is 13.6 Å². The maximum atomic E-state index is 12.7. The predicted molar refractivity (Wildman–Crippen MR) is 68.3 cm³/mol. The summed E-state index contributed by atoms with van der Waals surface area (Å²) < 4.78 is 32.1. The third-order valence-electron chi connectivity index (χ3n) is 3.24. The Hall–Kier alpha value is -1.54. The number of carbonyl (C=O) groups excluding carboxylic acids is 1. The zero-order valence-corrected chi connectivity index (χ0v) is 11.2. The molecule has 2 rings (SSSR count). The van der Waals surface area contributed by atoms with Gasteiger partial charge in [0.1, 0.15) is 0 Å². The Morgan fingerprint density at radius 2 is 2.45 bits per heavy atom.